The van der Waals surface area contributed by atoms with Crippen molar-refractivity contribution in [1.82, 2.24) is 10.2 Å². The highest BCUT2D eigenvalue weighted by Gasteiger charge is 2.08. The van der Waals surface area contributed by atoms with Crippen molar-refractivity contribution in [3.8, 4) is 5.75 Å². The highest BCUT2D eigenvalue weighted by Crippen LogP contribution is 2.22. The molecule has 0 aliphatic rings. The Labute approximate surface area is 114 Å². The monoisotopic (exact) mass is 265 g/mol. The van der Waals surface area contributed by atoms with Gasteiger partial charge in [0.15, 0.2) is 0 Å². The van der Waals surface area contributed by atoms with E-state index in [-0.39, 0.29) is 5.91 Å². The average Bonchev–Trinajstić information content (AvgIpc) is 2.36. The lowest BCUT2D eigenvalue weighted by atomic mass is 10.1. The number of rotatable bonds is 7. The molecule has 3 N–H and O–H groups in total. The summed E-state index contributed by atoms with van der Waals surface area (Å²) in [6.07, 6.45) is 0.922. The molecule has 1 rings (SSSR count). The van der Waals surface area contributed by atoms with Gasteiger partial charge in [0.25, 0.3) is 5.91 Å². The average molecular weight is 265 g/mol. The summed E-state index contributed by atoms with van der Waals surface area (Å²) in [5, 5.41) is 2.87. The van der Waals surface area contributed by atoms with Gasteiger partial charge in [-0.15, -0.1) is 0 Å². The number of amides is 1. The lowest BCUT2D eigenvalue weighted by Crippen LogP contribution is -2.27. The maximum absolute atomic E-state index is 11.9. The molecule has 1 amide bonds. The fourth-order valence-corrected chi connectivity index (χ4v) is 1.68. The molecule has 1 aromatic rings. The molecule has 0 radical (unpaired) electrons. The summed E-state index contributed by atoms with van der Waals surface area (Å²) in [5.74, 6) is 0.514. The van der Waals surface area contributed by atoms with Gasteiger partial charge >= 0.3 is 0 Å². The molecule has 5 nitrogen and oxygen atoms in total. The summed E-state index contributed by atoms with van der Waals surface area (Å²) >= 11 is 0. The Morgan fingerprint density at radius 3 is 2.74 bits per heavy atom. The van der Waals surface area contributed by atoms with E-state index in [0.29, 0.717) is 30.2 Å². The summed E-state index contributed by atoms with van der Waals surface area (Å²) in [6, 6.07) is 5.10. The molecule has 0 unspecified atom stereocenters. The zero-order valence-corrected chi connectivity index (χ0v) is 11.9. The van der Waals surface area contributed by atoms with E-state index in [1.807, 2.05) is 21.0 Å². The van der Waals surface area contributed by atoms with Crippen molar-refractivity contribution in [2.24, 2.45) is 0 Å². The SMILES string of the molecule is CCOc1ccc(C(=O)NCCCN(C)C)cc1N. The number of carbonyl (C=O) groups excluding carboxylic acids is 1. The van der Waals surface area contributed by atoms with Crippen molar-refractivity contribution in [2.75, 3.05) is 39.5 Å². The smallest absolute Gasteiger partial charge is 0.251 e. The van der Waals surface area contributed by atoms with Crippen LogP contribution in [0.1, 0.15) is 23.7 Å². The van der Waals surface area contributed by atoms with Crippen molar-refractivity contribution in [3.63, 3.8) is 0 Å². The first-order valence-electron chi connectivity index (χ1n) is 6.49. The minimum Gasteiger partial charge on any atom is -0.492 e. The molecule has 0 spiro atoms. The number of nitrogens with one attached hydrogen (secondary N) is 1. The number of anilines is 1. The zero-order valence-electron chi connectivity index (χ0n) is 11.9. The topological polar surface area (TPSA) is 67.6 Å². The van der Waals surface area contributed by atoms with Crippen LogP contribution in [0.3, 0.4) is 0 Å². The molecule has 0 atom stereocenters. The summed E-state index contributed by atoms with van der Waals surface area (Å²) in [5.41, 5.74) is 6.88. The van der Waals surface area contributed by atoms with Crippen LogP contribution in [-0.4, -0.2) is 44.6 Å². The molecule has 0 aliphatic heterocycles. The van der Waals surface area contributed by atoms with E-state index in [0.717, 1.165) is 13.0 Å². The molecule has 5 heteroatoms. The van der Waals surface area contributed by atoms with Crippen molar-refractivity contribution < 1.29 is 9.53 Å². The molecule has 0 bridgehead atoms. The van der Waals surface area contributed by atoms with Crippen LogP contribution in [0.4, 0.5) is 5.69 Å². The number of ether oxygens (including phenoxy) is 1. The number of benzene rings is 1. The van der Waals surface area contributed by atoms with Crippen LogP contribution in [0.15, 0.2) is 18.2 Å². The van der Waals surface area contributed by atoms with Gasteiger partial charge in [-0.2, -0.15) is 0 Å². The molecular weight excluding hydrogens is 242 g/mol. The molecule has 19 heavy (non-hydrogen) atoms. The first-order valence-corrected chi connectivity index (χ1v) is 6.49. The van der Waals surface area contributed by atoms with Crippen LogP contribution in [0.2, 0.25) is 0 Å². The van der Waals surface area contributed by atoms with Gasteiger partial charge in [-0.1, -0.05) is 0 Å². The minimum absolute atomic E-state index is 0.103. The predicted molar refractivity (Wildman–Crippen MR) is 77.5 cm³/mol. The third-order valence-corrected chi connectivity index (χ3v) is 2.64. The third kappa shape index (κ3) is 5.18. The van der Waals surface area contributed by atoms with E-state index in [9.17, 15) is 4.79 Å². The van der Waals surface area contributed by atoms with Gasteiger partial charge in [0, 0.05) is 12.1 Å². The van der Waals surface area contributed by atoms with Crippen molar-refractivity contribution in [1.29, 1.82) is 0 Å². The van der Waals surface area contributed by atoms with Gasteiger partial charge < -0.3 is 20.7 Å². The van der Waals surface area contributed by atoms with Crippen LogP contribution < -0.4 is 15.8 Å². The fraction of sp³-hybridized carbons (Fsp3) is 0.500. The Morgan fingerprint density at radius 2 is 2.16 bits per heavy atom. The second-order valence-corrected chi connectivity index (χ2v) is 4.60. The second kappa shape index (κ2) is 7.63. The van der Waals surface area contributed by atoms with Crippen molar-refractivity contribution in [2.45, 2.75) is 13.3 Å². The number of nitrogen functional groups attached to an aromatic ring is 1. The maximum Gasteiger partial charge on any atom is 0.251 e. The van der Waals surface area contributed by atoms with Crippen molar-refractivity contribution in [3.05, 3.63) is 23.8 Å². The molecule has 0 fully saturated rings. The lowest BCUT2D eigenvalue weighted by molar-refractivity contribution is 0.0952. The van der Waals surface area contributed by atoms with Crippen molar-refractivity contribution >= 4 is 11.6 Å². The maximum atomic E-state index is 11.9. The second-order valence-electron chi connectivity index (χ2n) is 4.60. The Morgan fingerprint density at radius 1 is 1.42 bits per heavy atom. The standard InChI is InChI=1S/C14H23N3O2/c1-4-19-13-7-6-11(10-12(13)15)14(18)16-8-5-9-17(2)3/h6-7,10H,4-5,8-9,15H2,1-3H3,(H,16,18). The lowest BCUT2D eigenvalue weighted by Gasteiger charge is -2.11. The molecule has 106 valence electrons. The Bertz CT molecular complexity index is 419. The van der Waals surface area contributed by atoms with E-state index in [4.69, 9.17) is 10.5 Å². The Hall–Kier alpha value is -1.75. The number of hydrogen-bond acceptors (Lipinski definition) is 4. The fourth-order valence-electron chi connectivity index (χ4n) is 1.68. The number of nitrogens with two attached hydrogens (primary N) is 1. The summed E-state index contributed by atoms with van der Waals surface area (Å²) < 4.78 is 5.33. The summed E-state index contributed by atoms with van der Waals surface area (Å²) in [6.45, 7) is 4.06. The molecular formula is C14H23N3O2. The van der Waals surface area contributed by atoms with E-state index >= 15 is 0 Å². The summed E-state index contributed by atoms with van der Waals surface area (Å²) in [7, 11) is 4.02. The van der Waals surface area contributed by atoms with E-state index in [1.165, 1.54) is 0 Å². The minimum atomic E-state index is -0.103. The van der Waals surface area contributed by atoms with Gasteiger partial charge in [-0.3, -0.25) is 4.79 Å². The number of nitrogens with zero attached hydrogens (tertiary/aromatic N) is 1. The molecule has 0 aromatic heterocycles. The highest BCUT2D eigenvalue weighted by atomic mass is 16.5. The van der Waals surface area contributed by atoms with Crippen LogP contribution >= 0.6 is 0 Å². The number of carbonyl (C=O) groups is 1. The quantitative estimate of drug-likeness (QED) is 0.577. The number of hydrogen-bond donors (Lipinski definition) is 2. The molecule has 0 saturated carbocycles. The van der Waals surface area contributed by atoms with Crippen LogP contribution in [0.25, 0.3) is 0 Å². The van der Waals surface area contributed by atoms with Crippen LogP contribution in [0, 0.1) is 0 Å². The van der Waals surface area contributed by atoms with Crippen LogP contribution in [0.5, 0.6) is 5.75 Å². The highest BCUT2D eigenvalue weighted by molar-refractivity contribution is 5.95. The molecule has 0 aliphatic carbocycles. The van der Waals surface area contributed by atoms with Gasteiger partial charge in [0.2, 0.25) is 0 Å². The molecule has 0 saturated heterocycles. The van der Waals surface area contributed by atoms with E-state index in [2.05, 4.69) is 10.2 Å². The normalized spacial score (nSPS) is 10.5. The Balaban J connectivity index is 2.50. The first kappa shape index (κ1) is 15.3. The first-order chi connectivity index (χ1) is 9.04. The van der Waals surface area contributed by atoms with E-state index in [1.54, 1.807) is 18.2 Å². The van der Waals surface area contributed by atoms with Gasteiger partial charge in [-0.25, -0.2) is 0 Å². The van der Waals surface area contributed by atoms with Gasteiger partial charge in [0.1, 0.15) is 5.75 Å². The molecule has 1 aromatic carbocycles. The van der Waals surface area contributed by atoms with Crippen LogP contribution in [-0.2, 0) is 0 Å². The Kier molecular flexibility index (Phi) is 6.15. The summed E-state index contributed by atoms with van der Waals surface area (Å²) in [4.78, 5) is 14.0. The largest absolute Gasteiger partial charge is 0.492 e. The van der Waals surface area contributed by atoms with Gasteiger partial charge in [0.05, 0.1) is 12.3 Å². The third-order valence-electron chi connectivity index (χ3n) is 2.64. The zero-order chi connectivity index (χ0) is 14.3. The molecule has 0 heterocycles. The predicted octanol–water partition coefficient (Wildman–Crippen LogP) is 1.35. The van der Waals surface area contributed by atoms with E-state index < -0.39 is 0 Å². The van der Waals surface area contributed by atoms with Gasteiger partial charge in [-0.05, 0) is 52.2 Å².